The number of carbonyl (C=O) groups is 1. The van der Waals surface area contributed by atoms with Crippen LogP contribution in [0, 0.1) is 0 Å². The van der Waals surface area contributed by atoms with Crippen LogP contribution >= 0.6 is 11.3 Å². The van der Waals surface area contributed by atoms with Crippen LogP contribution in [0.1, 0.15) is 9.80 Å². The van der Waals surface area contributed by atoms with Gasteiger partial charge in [0.15, 0.2) is 16.5 Å². The molecular formula is C21H17N3O3S. The maximum Gasteiger partial charge on any atom is 0.285 e. The van der Waals surface area contributed by atoms with E-state index in [0.717, 1.165) is 16.3 Å². The van der Waals surface area contributed by atoms with E-state index in [-0.39, 0.29) is 5.91 Å². The van der Waals surface area contributed by atoms with Gasteiger partial charge in [0, 0.05) is 22.5 Å². The Bertz CT molecular complexity index is 1150. The van der Waals surface area contributed by atoms with Crippen LogP contribution in [0.2, 0.25) is 0 Å². The molecule has 0 saturated carbocycles. The van der Waals surface area contributed by atoms with Crippen LogP contribution in [0.4, 0.5) is 5.82 Å². The Morgan fingerprint density at radius 1 is 1.04 bits per heavy atom. The van der Waals surface area contributed by atoms with Crippen molar-refractivity contribution in [2.75, 3.05) is 19.5 Å². The largest absolute Gasteiger partial charge is 0.493 e. The molecule has 0 fully saturated rings. The number of hydrogen-bond acceptors (Lipinski definition) is 6. The summed E-state index contributed by atoms with van der Waals surface area (Å²) in [5, 5.41) is 6.96. The minimum atomic E-state index is -0.291. The third-order valence-electron chi connectivity index (χ3n) is 4.28. The molecular weight excluding hydrogens is 374 g/mol. The number of anilines is 1. The second-order valence-electron chi connectivity index (χ2n) is 5.94. The zero-order chi connectivity index (χ0) is 19.5. The number of fused-ring (bicyclic) bond motifs is 1. The molecule has 4 aromatic rings. The Kier molecular flexibility index (Phi) is 4.90. The standard InChI is InChI=1S/C21H17N3O3S/c1-26-17-8-7-14(11-18(17)27-2)16-12-28-21(23-16)20(25)24-19-15-6-4-3-5-13(15)9-10-22-19/h3-12H,1-2H3,(H,22,24,25). The second kappa shape index (κ2) is 7.66. The molecule has 140 valence electrons. The van der Waals surface area contributed by atoms with E-state index in [9.17, 15) is 4.79 Å². The fourth-order valence-electron chi connectivity index (χ4n) is 2.89. The number of thiazole rings is 1. The minimum Gasteiger partial charge on any atom is -0.493 e. The van der Waals surface area contributed by atoms with Gasteiger partial charge >= 0.3 is 0 Å². The summed E-state index contributed by atoms with van der Waals surface area (Å²) in [6.07, 6.45) is 1.68. The maximum atomic E-state index is 12.7. The monoisotopic (exact) mass is 391 g/mol. The van der Waals surface area contributed by atoms with Gasteiger partial charge in [-0.1, -0.05) is 24.3 Å². The highest BCUT2D eigenvalue weighted by molar-refractivity contribution is 7.12. The average Bonchev–Trinajstić information content (AvgIpc) is 3.24. The SMILES string of the molecule is COc1ccc(-c2csc(C(=O)Nc3nccc4ccccc34)n2)cc1OC. The van der Waals surface area contributed by atoms with Crippen molar-refractivity contribution in [2.45, 2.75) is 0 Å². The number of hydrogen-bond donors (Lipinski definition) is 1. The minimum absolute atomic E-state index is 0.291. The Hall–Kier alpha value is -3.45. The molecule has 0 unspecified atom stereocenters. The number of ether oxygens (including phenoxy) is 2. The van der Waals surface area contributed by atoms with Gasteiger partial charge in [-0.15, -0.1) is 11.3 Å². The fraction of sp³-hybridized carbons (Fsp3) is 0.0952. The van der Waals surface area contributed by atoms with E-state index in [2.05, 4.69) is 15.3 Å². The lowest BCUT2D eigenvalue weighted by atomic mass is 10.1. The molecule has 0 aliphatic heterocycles. The van der Waals surface area contributed by atoms with Crippen LogP contribution in [0.15, 0.2) is 60.1 Å². The molecule has 28 heavy (non-hydrogen) atoms. The number of benzene rings is 2. The molecule has 2 aromatic carbocycles. The van der Waals surface area contributed by atoms with E-state index in [1.54, 1.807) is 20.4 Å². The molecule has 0 atom stereocenters. The van der Waals surface area contributed by atoms with E-state index in [4.69, 9.17) is 9.47 Å². The predicted octanol–water partition coefficient (Wildman–Crippen LogP) is 4.63. The van der Waals surface area contributed by atoms with E-state index in [1.165, 1.54) is 11.3 Å². The van der Waals surface area contributed by atoms with Crippen molar-refractivity contribution >= 4 is 33.8 Å². The Morgan fingerprint density at radius 2 is 1.86 bits per heavy atom. The average molecular weight is 391 g/mol. The van der Waals surface area contributed by atoms with Crippen molar-refractivity contribution in [1.29, 1.82) is 0 Å². The number of aromatic nitrogens is 2. The highest BCUT2D eigenvalue weighted by Crippen LogP contribution is 2.33. The summed E-state index contributed by atoms with van der Waals surface area (Å²) in [7, 11) is 3.17. The van der Waals surface area contributed by atoms with Gasteiger partial charge in [0.2, 0.25) is 0 Å². The van der Waals surface area contributed by atoms with Gasteiger partial charge in [0.1, 0.15) is 5.82 Å². The van der Waals surface area contributed by atoms with Gasteiger partial charge in [0.25, 0.3) is 5.91 Å². The first kappa shape index (κ1) is 17.9. The highest BCUT2D eigenvalue weighted by Gasteiger charge is 2.15. The summed E-state index contributed by atoms with van der Waals surface area (Å²) in [5.41, 5.74) is 1.54. The number of carbonyl (C=O) groups excluding carboxylic acids is 1. The van der Waals surface area contributed by atoms with Crippen LogP contribution in [0.3, 0.4) is 0 Å². The molecule has 1 amide bonds. The quantitative estimate of drug-likeness (QED) is 0.537. The van der Waals surface area contributed by atoms with E-state index in [1.807, 2.05) is 53.9 Å². The predicted molar refractivity (Wildman–Crippen MR) is 110 cm³/mol. The number of rotatable bonds is 5. The van der Waals surface area contributed by atoms with Gasteiger partial charge in [-0.05, 0) is 29.7 Å². The first-order chi connectivity index (χ1) is 13.7. The van der Waals surface area contributed by atoms with Gasteiger partial charge in [-0.3, -0.25) is 4.79 Å². The van der Waals surface area contributed by atoms with E-state index < -0.39 is 0 Å². The van der Waals surface area contributed by atoms with Gasteiger partial charge in [-0.2, -0.15) is 0 Å². The van der Waals surface area contributed by atoms with Crippen LogP contribution in [-0.2, 0) is 0 Å². The molecule has 2 aromatic heterocycles. The molecule has 0 aliphatic carbocycles. The normalized spacial score (nSPS) is 10.6. The van der Waals surface area contributed by atoms with Crippen LogP contribution < -0.4 is 14.8 Å². The zero-order valence-electron chi connectivity index (χ0n) is 15.3. The van der Waals surface area contributed by atoms with Crippen LogP contribution in [0.25, 0.3) is 22.0 Å². The van der Waals surface area contributed by atoms with Crippen molar-refractivity contribution in [3.63, 3.8) is 0 Å². The summed E-state index contributed by atoms with van der Waals surface area (Å²) in [6.45, 7) is 0. The lowest BCUT2D eigenvalue weighted by Gasteiger charge is -2.08. The van der Waals surface area contributed by atoms with E-state index in [0.29, 0.717) is 28.0 Å². The second-order valence-corrected chi connectivity index (χ2v) is 6.80. The molecule has 6 nitrogen and oxygen atoms in total. The van der Waals surface area contributed by atoms with Crippen LogP contribution in [-0.4, -0.2) is 30.1 Å². The van der Waals surface area contributed by atoms with Crippen molar-refractivity contribution in [3.05, 3.63) is 65.1 Å². The van der Waals surface area contributed by atoms with Crippen molar-refractivity contribution in [1.82, 2.24) is 9.97 Å². The molecule has 4 rings (SSSR count). The molecule has 0 spiro atoms. The van der Waals surface area contributed by atoms with Crippen molar-refractivity contribution < 1.29 is 14.3 Å². The first-order valence-corrected chi connectivity index (χ1v) is 9.40. The molecule has 0 saturated heterocycles. The Morgan fingerprint density at radius 3 is 2.68 bits per heavy atom. The van der Waals surface area contributed by atoms with Crippen LogP contribution in [0.5, 0.6) is 11.5 Å². The summed E-state index contributed by atoms with van der Waals surface area (Å²) >= 11 is 1.28. The summed E-state index contributed by atoms with van der Waals surface area (Å²) in [4.78, 5) is 21.4. The summed E-state index contributed by atoms with van der Waals surface area (Å²) in [5.74, 6) is 1.48. The molecule has 7 heteroatoms. The number of methoxy groups -OCH3 is 2. The van der Waals surface area contributed by atoms with Crippen molar-refractivity contribution in [3.8, 4) is 22.8 Å². The van der Waals surface area contributed by atoms with Gasteiger partial charge in [-0.25, -0.2) is 9.97 Å². The van der Waals surface area contributed by atoms with Crippen molar-refractivity contribution in [2.24, 2.45) is 0 Å². The summed E-state index contributed by atoms with van der Waals surface area (Å²) in [6, 6.07) is 15.2. The number of nitrogens with one attached hydrogen (secondary N) is 1. The lowest BCUT2D eigenvalue weighted by molar-refractivity contribution is 0.102. The molecule has 0 radical (unpaired) electrons. The fourth-order valence-corrected chi connectivity index (χ4v) is 3.61. The smallest absolute Gasteiger partial charge is 0.285 e. The molecule has 1 N–H and O–H groups in total. The van der Waals surface area contributed by atoms with E-state index >= 15 is 0 Å². The van der Waals surface area contributed by atoms with Gasteiger partial charge in [0.05, 0.1) is 19.9 Å². The Labute approximate surface area is 165 Å². The number of nitrogens with zero attached hydrogens (tertiary/aromatic N) is 2. The first-order valence-electron chi connectivity index (χ1n) is 8.52. The third kappa shape index (κ3) is 3.39. The zero-order valence-corrected chi connectivity index (χ0v) is 16.1. The summed E-state index contributed by atoms with van der Waals surface area (Å²) < 4.78 is 10.6. The maximum absolute atomic E-state index is 12.7. The molecule has 2 heterocycles. The topological polar surface area (TPSA) is 73.3 Å². The van der Waals surface area contributed by atoms with Gasteiger partial charge < -0.3 is 14.8 Å². The highest BCUT2D eigenvalue weighted by atomic mass is 32.1. The molecule has 0 bridgehead atoms. The molecule has 0 aliphatic rings. The number of pyridine rings is 1. The number of amides is 1. The Balaban J connectivity index is 1.60. The lowest BCUT2D eigenvalue weighted by Crippen LogP contribution is -2.13. The third-order valence-corrected chi connectivity index (χ3v) is 5.12.